The van der Waals surface area contributed by atoms with Crippen molar-refractivity contribution in [3.8, 4) is 11.3 Å². The largest absolute Gasteiger partial charge is 0.341 e. The Labute approximate surface area is 104 Å². The zero-order valence-corrected chi connectivity index (χ0v) is 10.2. The summed E-state index contributed by atoms with van der Waals surface area (Å²) in [6.07, 6.45) is 1.53. The van der Waals surface area contributed by atoms with Gasteiger partial charge in [-0.25, -0.2) is 13.8 Å². The van der Waals surface area contributed by atoms with Gasteiger partial charge in [-0.05, 0) is 18.1 Å². The maximum atomic E-state index is 13.1. The molecule has 0 radical (unpaired) electrons. The van der Waals surface area contributed by atoms with Crippen LogP contribution in [0.1, 0.15) is 25.7 Å². The Bertz CT molecular complexity index is 529. The van der Waals surface area contributed by atoms with E-state index in [0.717, 1.165) is 6.07 Å². The zero-order chi connectivity index (χ0) is 13.3. The molecule has 0 aliphatic heterocycles. The number of benzene rings is 1. The summed E-state index contributed by atoms with van der Waals surface area (Å²) in [6, 6.07) is 3.11. The van der Waals surface area contributed by atoms with Gasteiger partial charge in [-0.2, -0.15) is 0 Å². The van der Waals surface area contributed by atoms with E-state index in [0.29, 0.717) is 17.1 Å². The van der Waals surface area contributed by atoms with Crippen LogP contribution >= 0.6 is 0 Å². The van der Waals surface area contributed by atoms with Gasteiger partial charge in [-0.1, -0.05) is 13.8 Å². The molecule has 2 rings (SSSR count). The lowest BCUT2D eigenvalue weighted by molar-refractivity contribution is 0.494. The number of nitrogens with one attached hydrogen (secondary N) is 1. The van der Waals surface area contributed by atoms with Crippen molar-refractivity contribution in [2.45, 2.75) is 19.9 Å². The predicted molar refractivity (Wildman–Crippen MR) is 65.7 cm³/mol. The van der Waals surface area contributed by atoms with Crippen molar-refractivity contribution in [2.75, 3.05) is 0 Å². The third-order valence-electron chi connectivity index (χ3n) is 2.80. The summed E-state index contributed by atoms with van der Waals surface area (Å²) in [5.41, 5.74) is 6.92. The van der Waals surface area contributed by atoms with Crippen molar-refractivity contribution in [1.29, 1.82) is 0 Å². The maximum absolute atomic E-state index is 13.1. The fourth-order valence-corrected chi connectivity index (χ4v) is 1.68. The minimum Gasteiger partial charge on any atom is -0.341 e. The molecule has 0 saturated heterocycles. The molecule has 2 aromatic rings. The van der Waals surface area contributed by atoms with Crippen LogP contribution in [0.5, 0.6) is 0 Å². The SMILES string of the molecule is CC(C)C(N)c1ncc(-c2cc(F)cc(F)c2)[nH]1. The molecule has 0 aliphatic carbocycles. The van der Waals surface area contributed by atoms with Gasteiger partial charge in [-0.15, -0.1) is 0 Å². The first kappa shape index (κ1) is 12.7. The smallest absolute Gasteiger partial charge is 0.126 e. The summed E-state index contributed by atoms with van der Waals surface area (Å²) in [5, 5.41) is 0. The number of hydrogen-bond donors (Lipinski definition) is 2. The van der Waals surface area contributed by atoms with E-state index in [4.69, 9.17) is 5.73 Å². The predicted octanol–water partition coefficient (Wildman–Crippen LogP) is 3.01. The van der Waals surface area contributed by atoms with E-state index >= 15 is 0 Å². The average molecular weight is 251 g/mol. The number of nitrogens with zero attached hydrogens (tertiary/aromatic N) is 1. The normalized spacial score (nSPS) is 13.0. The molecule has 96 valence electrons. The van der Waals surface area contributed by atoms with Crippen molar-refractivity contribution in [3.05, 3.63) is 41.9 Å². The summed E-state index contributed by atoms with van der Waals surface area (Å²) in [6.45, 7) is 3.96. The minimum absolute atomic E-state index is 0.225. The summed E-state index contributed by atoms with van der Waals surface area (Å²) >= 11 is 0. The van der Waals surface area contributed by atoms with Crippen LogP contribution in [0.2, 0.25) is 0 Å². The van der Waals surface area contributed by atoms with Crippen molar-refractivity contribution in [2.24, 2.45) is 11.7 Å². The number of halogens is 2. The van der Waals surface area contributed by atoms with Crippen LogP contribution in [0.3, 0.4) is 0 Å². The van der Waals surface area contributed by atoms with Crippen LogP contribution in [-0.4, -0.2) is 9.97 Å². The molecule has 3 nitrogen and oxygen atoms in total. The number of imidazole rings is 1. The second kappa shape index (κ2) is 4.86. The first-order valence-corrected chi connectivity index (χ1v) is 5.74. The lowest BCUT2D eigenvalue weighted by Crippen LogP contribution is -2.18. The summed E-state index contributed by atoms with van der Waals surface area (Å²) in [5.74, 6) is -0.387. The van der Waals surface area contributed by atoms with E-state index in [1.54, 1.807) is 0 Å². The standard InChI is InChI=1S/C13H15F2N3/c1-7(2)12(16)13-17-6-11(18-13)8-3-9(14)5-10(15)4-8/h3-7,12H,16H2,1-2H3,(H,17,18). The van der Waals surface area contributed by atoms with Crippen LogP contribution in [0.4, 0.5) is 8.78 Å². The van der Waals surface area contributed by atoms with Gasteiger partial charge in [0.1, 0.15) is 17.5 Å². The molecule has 1 atom stereocenters. The molecule has 0 aliphatic rings. The topological polar surface area (TPSA) is 54.7 Å². The van der Waals surface area contributed by atoms with Crippen LogP contribution in [0.15, 0.2) is 24.4 Å². The molecule has 1 aromatic heterocycles. The van der Waals surface area contributed by atoms with Gasteiger partial charge in [-0.3, -0.25) is 0 Å². The number of H-pyrrole nitrogens is 1. The Balaban J connectivity index is 2.35. The van der Waals surface area contributed by atoms with Gasteiger partial charge < -0.3 is 10.7 Å². The number of hydrogen-bond acceptors (Lipinski definition) is 2. The molecule has 0 bridgehead atoms. The highest BCUT2D eigenvalue weighted by Gasteiger charge is 2.15. The molecular formula is C13H15F2N3. The van der Waals surface area contributed by atoms with Crippen LogP contribution in [-0.2, 0) is 0 Å². The molecule has 18 heavy (non-hydrogen) atoms. The Morgan fingerprint density at radius 3 is 2.33 bits per heavy atom. The van der Waals surface area contributed by atoms with E-state index in [1.807, 2.05) is 13.8 Å². The van der Waals surface area contributed by atoms with E-state index in [2.05, 4.69) is 9.97 Å². The van der Waals surface area contributed by atoms with Crippen molar-refractivity contribution in [3.63, 3.8) is 0 Å². The van der Waals surface area contributed by atoms with Crippen molar-refractivity contribution >= 4 is 0 Å². The Morgan fingerprint density at radius 1 is 1.17 bits per heavy atom. The highest BCUT2D eigenvalue weighted by atomic mass is 19.1. The highest BCUT2D eigenvalue weighted by Crippen LogP contribution is 2.23. The second-order valence-electron chi connectivity index (χ2n) is 4.61. The van der Waals surface area contributed by atoms with Crippen LogP contribution < -0.4 is 5.73 Å². The van der Waals surface area contributed by atoms with Gasteiger partial charge in [0, 0.05) is 11.6 Å². The molecule has 1 unspecified atom stereocenters. The highest BCUT2D eigenvalue weighted by molar-refractivity contribution is 5.58. The van der Waals surface area contributed by atoms with Gasteiger partial charge >= 0.3 is 0 Å². The number of aromatic amines is 1. The third-order valence-corrected chi connectivity index (χ3v) is 2.80. The molecule has 0 spiro atoms. The molecule has 0 fully saturated rings. The molecule has 0 amide bonds. The fourth-order valence-electron chi connectivity index (χ4n) is 1.68. The molecule has 3 N–H and O–H groups in total. The number of nitrogens with two attached hydrogens (primary N) is 1. The maximum Gasteiger partial charge on any atom is 0.126 e. The van der Waals surface area contributed by atoms with Crippen molar-refractivity contribution in [1.82, 2.24) is 9.97 Å². The summed E-state index contributed by atoms with van der Waals surface area (Å²) < 4.78 is 26.2. The zero-order valence-electron chi connectivity index (χ0n) is 10.2. The second-order valence-corrected chi connectivity index (χ2v) is 4.61. The van der Waals surface area contributed by atoms with E-state index in [1.165, 1.54) is 18.3 Å². The van der Waals surface area contributed by atoms with E-state index in [9.17, 15) is 8.78 Å². The monoisotopic (exact) mass is 251 g/mol. The Hall–Kier alpha value is -1.75. The first-order valence-electron chi connectivity index (χ1n) is 5.74. The molecule has 1 aromatic carbocycles. The van der Waals surface area contributed by atoms with E-state index in [-0.39, 0.29) is 12.0 Å². The molecule has 1 heterocycles. The minimum atomic E-state index is -0.616. The lowest BCUT2D eigenvalue weighted by atomic mass is 10.1. The van der Waals surface area contributed by atoms with Gasteiger partial charge in [0.05, 0.1) is 17.9 Å². The first-order chi connectivity index (χ1) is 8.47. The third kappa shape index (κ3) is 2.56. The van der Waals surface area contributed by atoms with E-state index < -0.39 is 11.6 Å². The van der Waals surface area contributed by atoms with Crippen LogP contribution in [0, 0.1) is 17.6 Å². The fraction of sp³-hybridized carbons (Fsp3) is 0.308. The Morgan fingerprint density at radius 2 is 1.78 bits per heavy atom. The lowest BCUT2D eigenvalue weighted by Gasteiger charge is -2.12. The van der Waals surface area contributed by atoms with Crippen molar-refractivity contribution < 1.29 is 8.78 Å². The number of aromatic nitrogens is 2. The van der Waals surface area contributed by atoms with Gasteiger partial charge in [0.25, 0.3) is 0 Å². The van der Waals surface area contributed by atoms with Gasteiger partial charge in [0.15, 0.2) is 0 Å². The molecule has 0 saturated carbocycles. The van der Waals surface area contributed by atoms with Crippen LogP contribution in [0.25, 0.3) is 11.3 Å². The summed E-state index contributed by atoms with van der Waals surface area (Å²) in [7, 11) is 0. The quantitative estimate of drug-likeness (QED) is 0.881. The van der Waals surface area contributed by atoms with Gasteiger partial charge in [0.2, 0.25) is 0 Å². The Kier molecular flexibility index (Phi) is 3.43. The average Bonchev–Trinajstić information content (AvgIpc) is 2.75. The molecular weight excluding hydrogens is 236 g/mol. The number of rotatable bonds is 3. The summed E-state index contributed by atoms with van der Waals surface area (Å²) in [4.78, 5) is 7.14. The molecule has 5 heteroatoms.